The number of halogens is 4. The van der Waals surface area contributed by atoms with Crippen LogP contribution < -0.4 is 15.0 Å². The normalized spacial score (nSPS) is 20.0. The van der Waals surface area contributed by atoms with Gasteiger partial charge in [-0.25, -0.2) is 4.68 Å². The summed E-state index contributed by atoms with van der Waals surface area (Å²) in [4.78, 5) is 17.0. The highest BCUT2D eigenvalue weighted by Gasteiger charge is 2.47. The van der Waals surface area contributed by atoms with E-state index < -0.39 is 18.3 Å². The van der Waals surface area contributed by atoms with Crippen molar-refractivity contribution >= 4 is 29.0 Å². The van der Waals surface area contributed by atoms with Gasteiger partial charge in [0.05, 0.1) is 18.8 Å². The van der Waals surface area contributed by atoms with Gasteiger partial charge in [-0.1, -0.05) is 35.9 Å². The molecule has 5 rings (SSSR count). The van der Waals surface area contributed by atoms with Gasteiger partial charge in [0, 0.05) is 43.7 Å². The number of amides is 1. The molecule has 1 amide bonds. The quantitative estimate of drug-likeness (QED) is 0.515. The summed E-state index contributed by atoms with van der Waals surface area (Å²) < 4.78 is 48.3. The molecule has 0 spiro atoms. The van der Waals surface area contributed by atoms with Crippen molar-refractivity contribution in [2.24, 2.45) is 0 Å². The molecule has 1 aromatic heterocycles. The van der Waals surface area contributed by atoms with E-state index in [-0.39, 0.29) is 23.8 Å². The Balaban J connectivity index is 1.34. The van der Waals surface area contributed by atoms with E-state index in [9.17, 15) is 18.0 Å². The molecular weight excluding hydrogens is 495 g/mol. The van der Waals surface area contributed by atoms with Crippen LogP contribution in [-0.4, -0.2) is 60.1 Å². The molecule has 36 heavy (non-hydrogen) atoms. The molecule has 0 unspecified atom stereocenters. The highest BCUT2D eigenvalue weighted by atomic mass is 35.5. The summed E-state index contributed by atoms with van der Waals surface area (Å²) in [6.45, 7) is 1.98. The Morgan fingerprint density at radius 2 is 1.78 bits per heavy atom. The van der Waals surface area contributed by atoms with Gasteiger partial charge in [-0.05, 0) is 29.8 Å². The lowest BCUT2D eigenvalue weighted by Gasteiger charge is -2.36. The molecule has 1 saturated heterocycles. The lowest BCUT2D eigenvalue weighted by Crippen LogP contribution is -2.49. The molecule has 0 saturated carbocycles. The van der Waals surface area contributed by atoms with Crippen molar-refractivity contribution in [1.29, 1.82) is 0 Å². The molecule has 1 fully saturated rings. The maximum atomic E-state index is 14.0. The number of para-hydroxylation sites is 2. The van der Waals surface area contributed by atoms with E-state index in [1.54, 1.807) is 36.3 Å². The lowest BCUT2D eigenvalue weighted by molar-refractivity contribution is -0.173. The maximum Gasteiger partial charge on any atom is 0.410 e. The van der Waals surface area contributed by atoms with E-state index in [0.717, 1.165) is 16.1 Å². The van der Waals surface area contributed by atoms with Crippen LogP contribution in [0.5, 0.6) is 5.75 Å². The predicted octanol–water partition coefficient (Wildman–Crippen LogP) is 5.17. The molecule has 11 heteroatoms. The van der Waals surface area contributed by atoms with Crippen molar-refractivity contribution in [2.45, 2.75) is 24.7 Å². The number of alkyl halides is 3. The first-order chi connectivity index (χ1) is 17.2. The van der Waals surface area contributed by atoms with Gasteiger partial charge in [0.2, 0.25) is 0 Å². The van der Waals surface area contributed by atoms with Crippen LogP contribution in [0.15, 0.2) is 54.6 Å². The highest BCUT2D eigenvalue weighted by molar-refractivity contribution is 6.30. The van der Waals surface area contributed by atoms with Gasteiger partial charge in [-0.2, -0.15) is 18.3 Å². The Kier molecular flexibility index (Phi) is 6.46. The Morgan fingerprint density at radius 1 is 1.08 bits per heavy atom. The first kappa shape index (κ1) is 24.3. The number of piperazine rings is 1. The fourth-order valence-corrected chi connectivity index (χ4v) is 4.92. The number of benzene rings is 2. The summed E-state index contributed by atoms with van der Waals surface area (Å²) in [5.41, 5.74) is 1.62. The Morgan fingerprint density at radius 3 is 2.44 bits per heavy atom. The fraction of sp³-hybridized carbons (Fsp3) is 0.360. The number of methoxy groups -OCH3 is 1. The van der Waals surface area contributed by atoms with Crippen LogP contribution in [0, 0.1) is 0 Å². The van der Waals surface area contributed by atoms with E-state index in [1.807, 2.05) is 24.3 Å². The standard InChI is InChI=1S/C25H25ClF3N5O2/c1-36-21-5-3-2-4-20(21)32-10-12-33(13-11-32)24(35)19-15-23-30-18(16-6-8-17(26)9-7-16)14-22(25(27,28)29)34(23)31-19/h2-9,15,18,22,30H,10-14H2,1H3/t18-,22+/m1/s1. The molecule has 3 heterocycles. The molecular formula is C25H25ClF3N5O2. The van der Waals surface area contributed by atoms with Crippen LogP contribution in [0.2, 0.25) is 5.02 Å². The number of ether oxygens (including phenoxy) is 1. The topological polar surface area (TPSA) is 62.6 Å². The zero-order chi connectivity index (χ0) is 25.4. The minimum atomic E-state index is -4.52. The first-order valence-corrected chi connectivity index (χ1v) is 12.0. The molecule has 3 aromatic rings. The molecule has 2 atom stereocenters. The first-order valence-electron chi connectivity index (χ1n) is 11.6. The second-order valence-electron chi connectivity index (χ2n) is 8.85. The number of hydrogen-bond acceptors (Lipinski definition) is 5. The summed E-state index contributed by atoms with van der Waals surface area (Å²) in [5.74, 6) is 0.528. The monoisotopic (exact) mass is 519 g/mol. The summed E-state index contributed by atoms with van der Waals surface area (Å²) in [6, 6.07) is 13.3. The number of nitrogens with zero attached hydrogens (tertiary/aromatic N) is 4. The third-order valence-electron chi connectivity index (χ3n) is 6.67. The second kappa shape index (κ2) is 9.57. The van der Waals surface area contributed by atoms with Crippen LogP contribution in [-0.2, 0) is 0 Å². The van der Waals surface area contributed by atoms with Crippen molar-refractivity contribution in [1.82, 2.24) is 14.7 Å². The van der Waals surface area contributed by atoms with Gasteiger partial charge in [-0.3, -0.25) is 4.79 Å². The van der Waals surface area contributed by atoms with Gasteiger partial charge >= 0.3 is 6.18 Å². The largest absolute Gasteiger partial charge is 0.495 e. The fourth-order valence-electron chi connectivity index (χ4n) is 4.80. The number of fused-ring (bicyclic) bond motifs is 1. The van der Waals surface area contributed by atoms with E-state index >= 15 is 0 Å². The predicted molar refractivity (Wildman–Crippen MR) is 131 cm³/mol. The average molecular weight is 520 g/mol. The molecule has 1 N–H and O–H groups in total. The third-order valence-corrected chi connectivity index (χ3v) is 6.93. The molecule has 190 valence electrons. The molecule has 2 aliphatic rings. The smallest absolute Gasteiger partial charge is 0.410 e. The van der Waals surface area contributed by atoms with Crippen LogP contribution in [0.3, 0.4) is 0 Å². The van der Waals surface area contributed by atoms with E-state index in [4.69, 9.17) is 16.3 Å². The van der Waals surface area contributed by atoms with Crippen LogP contribution >= 0.6 is 11.6 Å². The van der Waals surface area contributed by atoms with Gasteiger partial charge in [0.15, 0.2) is 11.7 Å². The minimum absolute atomic E-state index is 0.00533. The average Bonchev–Trinajstić information content (AvgIpc) is 3.32. The molecule has 0 bridgehead atoms. The summed E-state index contributed by atoms with van der Waals surface area (Å²) in [7, 11) is 1.61. The number of anilines is 2. The van der Waals surface area contributed by atoms with E-state index in [0.29, 0.717) is 36.8 Å². The van der Waals surface area contributed by atoms with E-state index in [1.165, 1.54) is 6.07 Å². The Bertz CT molecular complexity index is 1240. The molecule has 7 nitrogen and oxygen atoms in total. The third kappa shape index (κ3) is 4.69. The maximum absolute atomic E-state index is 14.0. The van der Waals surface area contributed by atoms with Crippen LogP contribution in [0.4, 0.5) is 24.7 Å². The lowest BCUT2D eigenvalue weighted by atomic mass is 9.97. The molecule has 2 aliphatic heterocycles. The highest BCUT2D eigenvalue weighted by Crippen LogP contribution is 2.43. The summed E-state index contributed by atoms with van der Waals surface area (Å²) in [6.07, 6.45) is -4.76. The SMILES string of the molecule is COc1ccccc1N1CCN(C(=O)c2cc3n(n2)[C@H](C(F)(F)F)C[C@H](c2ccc(Cl)cc2)N3)CC1. The van der Waals surface area contributed by atoms with E-state index in [2.05, 4.69) is 15.3 Å². The minimum Gasteiger partial charge on any atom is -0.495 e. The number of carbonyl (C=O) groups is 1. The summed E-state index contributed by atoms with van der Waals surface area (Å²) >= 11 is 5.94. The van der Waals surface area contributed by atoms with Gasteiger partial charge < -0.3 is 19.9 Å². The number of aromatic nitrogens is 2. The van der Waals surface area contributed by atoms with Gasteiger partial charge in [0.25, 0.3) is 5.91 Å². The Hall–Kier alpha value is -3.40. The number of hydrogen-bond donors (Lipinski definition) is 1. The number of nitrogens with one attached hydrogen (secondary N) is 1. The Labute approximate surface area is 211 Å². The van der Waals surface area contributed by atoms with Gasteiger partial charge in [0.1, 0.15) is 11.6 Å². The molecule has 2 aromatic carbocycles. The number of carbonyl (C=O) groups excluding carboxylic acids is 1. The van der Waals surface area contributed by atoms with Crippen LogP contribution in [0.25, 0.3) is 0 Å². The second-order valence-corrected chi connectivity index (χ2v) is 9.29. The van der Waals surface area contributed by atoms with Crippen molar-refractivity contribution in [2.75, 3.05) is 43.5 Å². The zero-order valence-electron chi connectivity index (χ0n) is 19.5. The number of rotatable bonds is 4. The zero-order valence-corrected chi connectivity index (χ0v) is 20.3. The van der Waals surface area contributed by atoms with Crippen molar-refractivity contribution in [3.05, 3.63) is 70.9 Å². The molecule has 0 aliphatic carbocycles. The molecule has 0 radical (unpaired) electrons. The van der Waals surface area contributed by atoms with Crippen LogP contribution in [0.1, 0.15) is 34.6 Å². The van der Waals surface area contributed by atoms with Crippen molar-refractivity contribution in [3.8, 4) is 5.75 Å². The van der Waals surface area contributed by atoms with Crippen molar-refractivity contribution < 1.29 is 22.7 Å². The summed E-state index contributed by atoms with van der Waals surface area (Å²) in [5, 5.41) is 7.73. The van der Waals surface area contributed by atoms with Crippen molar-refractivity contribution in [3.63, 3.8) is 0 Å². The van der Waals surface area contributed by atoms with Gasteiger partial charge in [-0.15, -0.1) is 0 Å².